The van der Waals surface area contributed by atoms with E-state index in [0.717, 1.165) is 31.6 Å². The minimum atomic E-state index is -0.627. The Balaban J connectivity index is 2.57. The third-order valence-corrected chi connectivity index (χ3v) is 3.75. The highest BCUT2D eigenvalue weighted by molar-refractivity contribution is 5.75. The van der Waals surface area contributed by atoms with Crippen molar-refractivity contribution in [1.82, 2.24) is 0 Å². The number of carboxylic acids is 1. The Morgan fingerprint density at radius 2 is 2.13 bits per heavy atom. The van der Waals surface area contributed by atoms with Crippen LogP contribution in [0.15, 0.2) is 12.7 Å². The molecule has 1 aliphatic rings. The summed E-state index contributed by atoms with van der Waals surface area (Å²) in [7, 11) is 0. The first-order chi connectivity index (χ1) is 7.14. The fourth-order valence-electron chi connectivity index (χ4n) is 2.71. The number of carboxylic acid groups (broad SMARTS) is 1. The van der Waals surface area contributed by atoms with Crippen LogP contribution < -0.4 is 0 Å². The van der Waals surface area contributed by atoms with E-state index in [1.54, 1.807) is 6.08 Å². The molecule has 86 valence electrons. The largest absolute Gasteiger partial charge is 0.481 e. The molecule has 1 fully saturated rings. The molecule has 1 aliphatic carbocycles. The third-order valence-electron chi connectivity index (χ3n) is 3.75. The molecule has 0 aromatic heterocycles. The van der Waals surface area contributed by atoms with Crippen molar-refractivity contribution in [3.8, 4) is 0 Å². The maximum atomic E-state index is 11.3. The van der Waals surface area contributed by atoms with Crippen molar-refractivity contribution < 1.29 is 9.90 Å². The highest BCUT2D eigenvalue weighted by Gasteiger charge is 2.40. The SMILES string of the molecule is C=CCC1(C(=O)O)CCC(CCC)CC1. The second-order valence-electron chi connectivity index (χ2n) is 4.81. The first-order valence-electron chi connectivity index (χ1n) is 5.99. The average Bonchev–Trinajstić information content (AvgIpc) is 2.21. The average molecular weight is 210 g/mol. The molecule has 0 saturated heterocycles. The van der Waals surface area contributed by atoms with Crippen LogP contribution >= 0.6 is 0 Å². The lowest BCUT2D eigenvalue weighted by atomic mass is 9.68. The quantitative estimate of drug-likeness (QED) is 0.704. The van der Waals surface area contributed by atoms with Crippen molar-refractivity contribution in [3.63, 3.8) is 0 Å². The van der Waals surface area contributed by atoms with Crippen LogP contribution in [-0.4, -0.2) is 11.1 Å². The van der Waals surface area contributed by atoms with Crippen molar-refractivity contribution in [2.24, 2.45) is 11.3 Å². The first-order valence-corrected chi connectivity index (χ1v) is 5.99. The number of rotatable bonds is 5. The number of allylic oxidation sites excluding steroid dienone is 1. The van der Waals surface area contributed by atoms with Gasteiger partial charge in [-0.05, 0) is 38.0 Å². The van der Waals surface area contributed by atoms with Crippen molar-refractivity contribution in [2.45, 2.75) is 51.9 Å². The fourth-order valence-corrected chi connectivity index (χ4v) is 2.71. The van der Waals surface area contributed by atoms with Crippen LogP contribution in [0, 0.1) is 11.3 Å². The summed E-state index contributed by atoms with van der Waals surface area (Å²) < 4.78 is 0. The number of hydrogen-bond acceptors (Lipinski definition) is 1. The Kier molecular flexibility index (Phi) is 4.37. The Labute approximate surface area is 92.4 Å². The fraction of sp³-hybridized carbons (Fsp3) is 0.769. The standard InChI is InChI=1S/C13H22O2/c1-3-5-11-6-9-13(8-4-2,10-7-11)12(14)15/h4,11H,2-3,5-10H2,1H3,(H,14,15). The molecule has 0 aromatic carbocycles. The van der Waals surface area contributed by atoms with Gasteiger partial charge in [0.2, 0.25) is 0 Å². The molecule has 15 heavy (non-hydrogen) atoms. The number of hydrogen-bond donors (Lipinski definition) is 1. The lowest BCUT2D eigenvalue weighted by Crippen LogP contribution is -2.35. The molecule has 2 nitrogen and oxygen atoms in total. The maximum absolute atomic E-state index is 11.3. The van der Waals surface area contributed by atoms with E-state index < -0.39 is 11.4 Å². The Hall–Kier alpha value is -0.790. The van der Waals surface area contributed by atoms with E-state index in [0.29, 0.717) is 6.42 Å². The van der Waals surface area contributed by atoms with Gasteiger partial charge in [-0.1, -0.05) is 25.8 Å². The van der Waals surface area contributed by atoms with Crippen LogP contribution in [-0.2, 0) is 4.79 Å². The summed E-state index contributed by atoms with van der Waals surface area (Å²) >= 11 is 0. The number of carbonyl (C=O) groups is 1. The Bertz CT molecular complexity index is 225. The third kappa shape index (κ3) is 2.83. The van der Waals surface area contributed by atoms with E-state index in [1.165, 1.54) is 12.8 Å². The summed E-state index contributed by atoms with van der Waals surface area (Å²) in [6, 6.07) is 0. The molecule has 0 unspecified atom stereocenters. The summed E-state index contributed by atoms with van der Waals surface area (Å²) in [6.45, 7) is 5.87. The molecule has 0 atom stereocenters. The normalized spacial score (nSPS) is 31.1. The van der Waals surface area contributed by atoms with E-state index in [1.807, 2.05) is 0 Å². The monoisotopic (exact) mass is 210 g/mol. The smallest absolute Gasteiger partial charge is 0.309 e. The second-order valence-corrected chi connectivity index (χ2v) is 4.81. The summed E-state index contributed by atoms with van der Waals surface area (Å²) in [5, 5.41) is 9.29. The van der Waals surface area contributed by atoms with Crippen molar-refractivity contribution >= 4 is 5.97 Å². The summed E-state index contributed by atoms with van der Waals surface area (Å²) in [4.78, 5) is 11.3. The minimum Gasteiger partial charge on any atom is -0.481 e. The van der Waals surface area contributed by atoms with Crippen molar-refractivity contribution in [1.29, 1.82) is 0 Å². The van der Waals surface area contributed by atoms with Gasteiger partial charge >= 0.3 is 5.97 Å². The van der Waals surface area contributed by atoms with Crippen LogP contribution in [0.25, 0.3) is 0 Å². The van der Waals surface area contributed by atoms with E-state index in [4.69, 9.17) is 0 Å². The molecular weight excluding hydrogens is 188 g/mol. The molecule has 0 aliphatic heterocycles. The number of aliphatic carboxylic acids is 1. The van der Waals surface area contributed by atoms with Gasteiger partial charge in [0.15, 0.2) is 0 Å². The van der Waals surface area contributed by atoms with E-state index in [9.17, 15) is 9.90 Å². The second kappa shape index (κ2) is 5.34. The molecule has 0 amide bonds. The topological polar surface area (TPSA) is 37.3 Å². The highest BCUT2D eigenvalue weighted by Crippen LogP contribution is 2.43. The van der Waals surface area contributed by atoms with E-state index in [2.05, 4.69) is 13.5 Å². The molecule has 1 saturated carbocycles. The van der Waals surface area contributed by atoms with Gasteiger partial charge in [-0.3, -0.25) is 4.79 Å². The van der Waals surface area contributed by atoms with Gasteiger partial charge < -0.3 is 5.11 Å². The first kappa shape index (κ1) is 12.3. The van der Waals surface area contributed by atoms with Gasteiger partial charge in [0, 0.05) is 0 Å². The van der Waals surface area contributed by atoms with Gasteiger partial charge in [0.25, 0.3) is 0 Å². The van der Waals surface area contributed by atoms with E-state index in [-0.39, 0.29) is 0 Å². The maximum Gasteiger partial charge on any atom is 0.309 e. The molecule has 0 aromatic rings. The van der Waals surface area contributed by atoms with Gasteiger partial charge in [-0.2, -0.15) is 0 Å². The zero-order valence-corrected chi connectivity index (χ0v) is 9.67. The van der Waals surface area contributed by atoms with Gasteiger partial charge in [0.05, 0.1) is 5.41 Å². The molecule has 1 N–H and O–H groups in total. The van der Waals surface area contributed by atoms with E-state index >= 15 is 0 Å². The minimum absolute atomic E-state index is 0.494. The zero-order valence-electron chi connectivity index (χ0n) is 9.67. The highest BCUT2D eigenvalue weighted by atomic mass is 16.4. The lowest BCUT2D eigenvalue weighted by molar-refractivity contribution is -0.151. The predicted molar refractivity (Wildman–Crippen MR) is 61.7 cm³/mol. The van der Waals surface area contributed by atoms with Crippen molar-refractivity contribution in [3.05, 3.63) is 12.7 Å². The lowest BCUT2D eigenvalue weighted by Gasteiger charge is -2.36. The van der Waals surface area contributed by atoms with Crippen LogP contribution in [0.4, 0.5) is 0 Å². The molecule has 2 heteroatoms. The molecule has 0 heterocycles. The van der Waals surface area contributed by atoms with Gasteiger partial charge in [0.1, 0.15) is 0 Å². The Morgan fingerprint density at radius 3 is 2.53 bits per heavy atom. The predicted octanol–water partition coefficient (Wildman–Crippen LogP) is 3.62. The van der Waals surface area contributed by atoms with Crippen LogP contribution in [0.1, 0.15) is 51.9 Å². The van der Waals surface area contributed by atoms with Gasteiger partial charge in [-0.25, -0.2) is 0 Å². The van der Waals surface area contributed by atoms with Crippen LogP contribution in [0.5, 0.6) is 0 Å². The summed E-state index contributed by atoms with van der Waals surface area (Å²) in [6.07, 6.45) is 8.67. The Morgan fingerprint density at radius 1 is 1.53 bits per heavy atom. The van der Waals surface area contributed by atoms with Crippen molar-refractivity contribution in [2.75, 3.05) is 0 Å². The van der Waals surface area contributed by atoms with Gasteiger partial charge in [-0.15, -0.1) is 6.58 Å². The van der Waals surface area contributed by atoms with Crippen LogP contribution in [0.3, 0.4) is 0 Å². The molecule has 1 rings (SSSR count). The summed E-state index contributed by atoms with van der Waals surface area (Å²) in [5.41, 5.74) is -0.494. The molecule has 0 bridgehead atoms. The molecular formula is C13H22O2. The molecule has 0 radical (unpaired) electrons. The molecule has 0 spiro atoms. The zero-order chi connectivity index (χ0) is 11.3. The summed E-state index contributed by atoms with van der Waals surface area (Å²) in [5.74, 6) is 0.129. The van der Waals surface area contributed by atoms with Crippen LogP contribution in [0.2, 0.25) is 0 Å².